The number of hydrogen-bond acceptors (Lipinski definition) is 4. The van der Waals surface area contributed by atoms with Gasteiger partial charge in [0.05, 0.1) is 0 Å². The van der Waals surface area contributed by atoms with Crippen molar-refractivity contribution in [1.82, 2.24) is 20.2 Å². The quantitative estimate of drug-likeness (QED) is 0.852. The number of rotatable bonds is 3. The molecule has 106 valence electrons. The highest BCUT2D eigenvalue weighted by Crippen LogP contribution is 2.40. The van der Waals surface area contributed by atoms with E-state index in [2.05, 4.69) is 25.5 Å². The highest BCUT2D eigenvalue weighted by Gasteiger charge is 2.35. The number of nitrogens with zero attached hydrogens (tertiary/aromatic N) is 3. The molecule has 0 saturated heterocycles. The van der Waals surface area contributed by atoms with Crippen LogP contribution in [-0.4, -0.2) is 20.2 Å². The SMILES string of the molecule is FC(F)(F)c1cnc(Cl)nc1Nc1cc(C2CC2)[nH]n1. The fourth-order valence-corrected chi connectivity index (χ4v) is 1.92. The molecule has 5 nitrogen and oxygen atoms in total. The molecule has 1 aliphatic rings. The van der Waals surface area contributed by atoms with E-state index in [1.807, 2.05) is 0 Å². The molecule has 0 aliphatic heterocycles. The van der Waals surface area contributed by atoms with E-state index in [0.29, 0.717) is 12.1 Å². The molecule has 1 saturated carbocycles. The average molecular weight is 304 g/mol. The fraction of sp³-hybridized carbons (Fsp3) is 0.364. The van der Waals surface area contributed by atoms with Gasteiger partial charge in [0.1, 0.15) is 11.4 Å². The summed E-state index contributed by atoms with van der Waals surface area (Å²) in [5.41, 5.74) is -0.0842. The van der Waals surface area contributed by atoms with Crippen molar-refractivity contribution in [2.45, 2.75) is 24.9 Å². The van der Waals surface area contributed by atoms with Crippen molar-refractivity contribution >= 4 is 23.2 Å². The van der Waals surface area contributed by atoms with Gasteiger partial charge in [0, 0.05) is 23.9 Å². The Hall–Kier alpha value is -1.83. The summed E-state index contributed by atoms with van der Waals surface area (Å²) in [4.78, 5) is 6.93. The Morgan fingerprint density at radius 3 is 2.75 bits per heavy atom. The summed E-state index contributed by atoms with van der Waals surface area (Å²) in [6.45, 7) is 0. The molecular formula is C11H9ClF3N5. The van der Waals surface area contributed by atoms with Gasteiger partial charge in [0.15, 0.2) is 5.82 Å². The Labute approximate surface area is 116 Å². The predicted molar refractivity (Wildman–Crippen MR) is 65.9 cm³/mol. The van der Waals surface area contributed by atoms with Gasteiger partial charge in [0.25, 0.3) is 0 Å². The molecule has 3 rings (SSSR count). The highest BCUT2D eigenvalue weighted by atomic mass is 35.5. The minimum Gasteiger partial charge on any atom is -0.323 e. The molecule has 1 fully saturated rings. The van der Waals surface area contributed by atoms with Gasteiger partial charge >= 0.3 is 6.18 Å². The smallest absolute Gasteiger partial charge is 0.323 e. The molecule has 2 heterocycles. The zero-order valence-electron chi connectivity index (χ0n) is 10.00. The standard InChI is InChI=1S/C11H9ClF3N5/c12-10-16-4-6(11(13,14)15)9(18-10)17-8-3-7(19-20-8)5-1-2-5/h3-5H,1-2H2,(H2,16,17,18,19,20). The number of H-pyrrole nitrogens is 1. The molecule has 9 heteroatoms. The number of aromatic nitrogens is 4. The number of aromatic amines is 1. The van der Waals surface area contributed by atoms with Crippen LogP contribution >= 0.6 is 11.6 Å². The van der Waals surface area contributed by atoms with E-state index < -0.39 is 17.6 Å². The summed E-state index contributed by atoms with van der Waals surface area (Å²) < 4.78 is 38.5. The van der Waals surface area contributed by atoms with Gasteiger partial charge in [-0.1, -0.05) is 0 Å². The third-order valence-electron chi connectivity index (χ3n) is 2.93. The van der Waals surface area contributed by atoms with Crippen molar-refractivity contribution in [3.05, 3.63) is 28.8 Å². The van der Waals surface area contributed by atoms with Crippen molar-refractivity contribution in [2.24, 2.45) is 0 Å². The largest absolute Gasteiger partial charge is 0.421 e. The molecule has 1 aliphatic carbocycles. The summed E-state index contributed by atoms with van der Waals surface area (Å²) in [5.74, 6) is 0.285. The van der Waals surface area contributed by atoms with Crippen LogP contribution in [0, 0.1) is 0 Å². The normalized spacial score (nSPS) is 15.4. The zero-order valence-corrected chi connectivity index (χ0v) is 10.8. The second kappa shape index (κ2) is 4.62. The van der Waals surface area contributed by atoms with Crippen molar-refractivity contribution in [1.29, 1.82) is 0 Å². The topological polar surface area (TPSA) is 66.5 Å². The second-order valence-corrected chi connectivity index (χ2v) is 4.84. The molecule has 0 radical (unpaired) electrons. The monoisotopic (exact) mass is 303 g/mol. The summed E-state index contributed by atoms with van der Waals surface area (Å²) >= 11 is 5.54. The molecule has 20 heavy (non-hydrogen) atoms. The molecule has 2 aromatic heterocycles. The maximum Gasteiger partial charge on any atom is 0.421 e. The molecule has 0 aromatic carbocycles. The molecule has 0 unspecified atom stereocenters. The molecule has 0 amide bonds. The first-order valence-electron chi connectivity index (χ1n) is 5.85. The maximum atomic E-state index is 12.8. The fourth-order valence-electron chi connectivity index (χ4n) is 1.79. The number of halogens is 4. The van der Waals surface area contributed by atoms with E-state index in [0.717, 1.165) is 18.5 Å². The molecule has 0 atom stereocenters. The average Bonchev–Trinajstić information content (AvgIpc) is 3.09. The van der Waals surface area contributed by atoms with Crippen molar-refractivity contribution < 1.29 is 13.2 Å². The van der Waals surface area contributed by atoms with E-state index in [9.17, 15) is 13.2 Å². The first-order valence-corrected chi connectivity index (χ1v) is 6.23. The van der Waals surface area contributed by atoms with Gasteiger partial charge in [0.2, 0.25) is 5.28 Å². The lowest BCUT2D eigenvalue weighted by atomic mass is 10.3. The maximum absolute atomic E-state index is 12.8. The summed E-state index contributed by atoms with van der Waals surface area (Å²) in [6, 6.07) is 1.67. The minimum absolute atomic E-state index is 0.265. The summed E-state index contributed by atoms with van der Waals surface area (Å²) in [6.07, 6.45) is -1.79. The van der Waals surface area contributed by atoms with Gasteiger partial charge in [-0.05, 0) is 24.4 Å². The first kappa shape index (κ1) is 13.2. The Morgan fingerprint density at radius 1 is 1.35 bits per heavy atom. The molecule has 0 spiro atoms. The zero-order chi connectivity index (χ0) is 14.3. The Kier molecular flexibility index (Phi) is 3.04. The number of alkyl halides is 3. The number of hydrogen-bond donors (Lipinski definition) is 2. The van der Waals surface area contributed by atoms with Crippen LogP contribution in [0.4, 0.5) is 24.8 Å². The minimum atomic E-state index is -4.57. The predicted octanol–water partition coefficient (Wildman–Crippen LogP) is 3.49. The summed E-state index contributed by atoms with van der Waals surface area (Å²) in [5, 5.41) is 8.97. The van der Waals surface area contributed by atoms with Gasteiger partial charge in [-0.2, -0.15) is 23.3 Å². The van der Waals surface area contributed by atoms with E-state index in [-0.39, 0.29) is 11.1 Å². The summed E-state index contributed by atoms with van der Waals surface area (Å²) in [7, 11) is 0. The van der Waals surface area contributed by atoms with Gasteiger partial charge in [-0.15, -0.1) is 0 Å². The third-order valence-corrected chi connectivity index (χ3v) is 3.11. The lowest BCUT2D eigenvalue weighted by Gasteiger charge is -2.11. The number of nitrogens with one attached hydrogen (secondary N) is 2. The Morgan fingerprint density at radius 2 is 2.10 bits per heavy atom. The Balaban J connectivity index is 1.90. The highest BCUT2D eigenvalue weighted by molar-refractivity contribution is 6.28. The first-order chi connectivity index (χ1) is 9.43. The van der Waals surface area contributed by atoms with Crippen LogP contribution in [0.25, 0.3) is 0 Å². The van der Waals surface area contributed by atoms with Crippen LogP contribution in [0.2, 0.25) is 5.28 Å². The van der Waals surface area contributed by atoms with Gasteiger partial charge < -0.3 is 5.32 Å². The second-order valence-electron chi connectivity index (χ2n) is 4.51. The van der Waals surface area contributed by atoms with Crippen molar-refractivity contribution in [2.75, 3.05) is 5.32 Å². The van der Waals surface area contributed by atoms with Crippen molar-refractivity contribution in [3.63, 3.8) is 0 Å². The van der Waals surface area contributed by atoms with Crippen LogP contribution in [0.1, 0.15) is 30.0 Å². The lowest BCUT2D eigenvalue weighted by Crippen LogP contribution is -2.11. The van der Waals surface area contributed by atoms with Gasteiger partial charge in [-0.3, -0.25) is 5.10 Å². The van der Waals surface area contributed by atoms with Crippen LogP contribution in [0.5, 0.6) is 0 Å². The molecule has 2 aromatic rings. The Bertz CT molecular complexity index is 635. The van der Waals surface area contributed by atoms with Crippen LogP contribution in [0.15, 0.2) is 12.3 Å². The van der Waals surface area contributed by atoms with E-state index in [1.165, 1.54) is 0 Å². The molecular weight excluding hydrogens is 295 g/mol. The van der Waals surface area contributed by atoms with Gasteiger partial charge in [-0.25, -0.2) is 4.98 Å². The van der Waals surface area contributed by atoms with Crippen LogP contribution < -0.4 is 5.32 Å². The van der Waals surface area contributed by atoms with Crippen LogP contribution in [-0.2, 0) is 6.18 Å². The third kappa shape index (κ3) is 2.69. The van der Waals surface area contributed by atoms with E-state index >= 15 is 0 Å². The lowest BCUT2D eigenvalue weighted by molar-refractivity contribution is -0.137. The van der Waals surface area contributed by atoms with E-state index in [4.69, 9.17) is 11.6 Å². The van der Waals surface area contributed by atoms with E-state index in [1.54, 1.807) is 6.07 Å². The number of anilines is 2. The van der Waals surface area contributed by atoms with Crippen molar-refractivity contribution in [3.8, 4) is 0 Å². The van der Waals surface area contributed by atoms with Crippen LogP contribution in [0.3, 0.4) is 0 Å². The molecule has 2 N–H and O–H groups in total. The molecule has 0 bridgehead atoms.